The first-order chi connectivity index (χ1) is 16.0. The van der Waals surface area contributed by atoms with Crippen LogP contribution < -0.4 is 4.90 Å². The Hall–Kier alpha value is -3.49. The van der Waals surface area contributed by atoms with Gasteiger partial charge in [-0.1, -0.05) is 42.5 Å². The Labute approximate surface area is 191 Å². The Morgan fingerprint density at radius 2 is 1.55 bits per heavy atom. The summed E-state index contributed by atoms with van der Waals surface area (Å²) in [5.41, 5.74) is 2.71. The van der Waals surface area contributed by atoms with Crippen molar-refractivity contribution in [3.8, 4) is 0 Å². The Balaban J connectivity index is 1.30. The number of hydrogen-bond acceptors (Lipinski definition) is 5. The number of benzene rings is 3. The second kappa shape index (κ2) is 7.54. The molecule has 1 aliphatic rings. The van der Waals surface area contributed by atoms with Crippen LogP contribution in [0.1, 0.15) is 5.69 Å². The normalized spacial score (nSPS) is 15.6. The fraction of sp³-hybridized carbons (Fsp3) is 0.200. The molecule has 0 bridgehead atoms. The van der Waals surface area contributed by atoms with Crippen LogP contribution in [-0.4, -0.2) is 53.5 Å². The molecule has 3 aromatic carbocycles. The van der Waals surface area contributed by atoms with E-state index in [1.54, 1.807) is 16.4 Å². The molecule has 8 heteroatoms. The van der Waals surface area contributed by atoms with Gasteiger partial charge in [0, 0.05) is 37.6 Å². The maximum absolute atomic E-state index is 13.3. The number of aryl methyl sites for hydroxylation is 1. The van der Waals surface area contributed by atoms with Gasteiger partial charge in [0.15, 0.2) is 5.65 Å². The van der Waals surface area contributed by atoms with Crippen LogP contribution in [-0.2, 0) is 10.0 Å². The first-order valence-electron chi connectivity index (χ1n) is 11.0. The van der Waals surface area contributed by atoms with Crippen LogP contribution in [0.25, 0.3) is 27.3 Å². The molecule has 0 N–H and O–H groups in total. The zero-order valence-corrected chi connectivity index (χ0v) is 19.0. The van der Waals surface area contributed by atoms with E-state index in [4.69, 9.17) is 4.98 Å². The quantitative estimate of drug-likeness (QED) is 0.412. The first kappa shape index (κ1) is 20.1. The van der Waals surface area contributed by atoms with Gasteiger partial charge in [0.05, 0.1) is 16.1 Å². The highest BCUT2D eigenvalue weighted by Gasteiger charge is 2.30. The molecule has 1 fully saturated rings. The average Bonchev–Trinajstić information content (AvgIpc) is 3.24. The van der Waals surface area contributed by atoms with Crippen LogP contribution in [0.4, 0.5) is 5.82 Å². The van der Waals surface area contributed by atoms with Gasteiger partial charge in [-0.3, -0.25) is 0 Å². The van der Waals surface area contributed by atoms with Crippen molar-refractivity contribution in [1.29, 1.82) is 0 Å². The van der Waals surface area contributed by atoms with E-state index in [1.165, 1.54) is 0 Å². The Kier molecular flexibility index (Phi) is 4.60. The highest BCUT2D eigenvalue weighted by atomic mass is 32.2. The summed E-state index contributed by atoms with van der Waals surface area (Å²) in [6.07, 6.45) is 0. The van der Waals surface area contributed by atoms with E-state index in [0.717, 1.165) is 38.8 Å². The van der Waals surface area contributed by atoms with E-state index in [9.17, 15) is 8.42 Å². The van der Waals surface area contributed by atoms with Gasteiger partial charge in [-0.15, -0.1) is 0 Å². The Bertz CT molecular complexity index is 1620. The fourth-order valence-corrected chi connectivity index (χ4v) is 6.08. The largest absolute Gasteiger partial charge is 0.353 e. The van der Waals surface area contributed by atoms with Crippen LogP contribution in [0.3, 0.4) is 0 Å². The molecule has 6 rings (SSSR count). The lowest BCUT2D eigenvalue weighted by Crippen LogP contribution is -2.49. The van der Waals surface area contributed by atoms with E-state index in [1.807, 2.05) is 72.1 Å². The van der Waals surface area contributed by atoms with Crippen LogP contribution >= 0.6 is 0 Å². The van der Waals surface area contributed by atoms with Gasteiger partial charge < -0.3 is 4.90 Å². The molecule has 2 aromatic heterocycles. The van der Waals surface area contributed by atoms with Gasteiger partial charge in [-0.2, -0.15) is 9.40 Å². The summed E-state index contributed by atoms with van der Waals surface area (Å²) in [6.45, 7) is 3.93. The molecule has 7 nitrogen and oxygen atoms in total. The third-order valence-corrected chi connectivity index (χ3v) is 8.20. The molecule has 0 spiro atoms. The number of nitrogens with zero attached hydrogens (tertiary/aromatic N) is 5. The van der Waals surface area contributed by atoms with Crippen molar-refractivity contribution in [3.63, 3.8) is 0 Å². The molecule has 0 unspecified atom stereocenters. The lowest BCUT2D eigenvalue weighted by Gasteiger charge is -2.35. The number of sulfonamides is 1. The molecule has 3 heterocycles. The second-order valence-corrected chi connectivity index (χ2v) is 10.3. The third-order valence-electron chi connectivity index (χ3n) is 6.30. The lowest BCUT2D eigenvalue weighted by molar-refractivity contribution is 0.384. The topological polar surface area (TPSA) is 70.8 Å². The summed E-state index contributed by atoms with van der Waals surface area (Å²) in [5.74, 6) is 0.876. The smallest absolute Gasteiger partial charge is 0.243 e. The molecule has 0 atom stereocenters. The van der Waals surface area contributed by atoms with Gasteiger partial charge in [0.2, 0.25) is 10.0 Å². The Morgan fingerprint density at radius 3 is 2.36 bits per heavy atom. The van der Waals surface area contributed by atoms with Crippen LogP contribution in [0, 0.1) is 6.92 Å². The molecule has 0 saturated carbocycles. The number of hydrogen-bond donors (Lipinski definition) is 0. The van der Waals surface area contributed by atoms with Gasteiger partial charge in [0.1, 0.15) is 5.82 Å². The predicted molar refractivity (Wildman–Crippen MR) is 130 cm³/mol. The standard InChI is InChI=1S/C25H23N5O2S/c1-18-16-24-26-25(22-8-4-5-9-23(22)30(24)27-18)28-12-14-29(15-13-28)33(31,32)21-11-10-19-6-2-3-7-20(19)17-21/h2-11,16-17H,12-15H2,1H3. The summed E-state index contributed by atoms with van der Waals surface area (Å²) in [6, 6.07) is 23.2. The maximum Gasteiger partial charge on any atom is 0.243 e. The van der Waals surface area contributed by atoms with E-state index >= 15 is 0 Å². The third kappa shape index (κ3) is 3.34. The number of piperazine rings is 1. The SMILES string of the molecule is Cc1cc2nc(N3CCN(S(=O)(=O)c4ccc5ccccc5c4)CC3)c3ccccc3n2n1. The molecular formula is C25H23N5O2S. The summed E-state index contributed by atoms with van der Waals surface area (Å²) in [5, 5.41) is 7.55. The minimum Gasteiger partial charge on any atom is -0.353 e. The zero-order chi connectivity index (χ0) is 22.6. The number of anilines is 1. The molecule has 166 valence electrons. The molecule has 0 aliphatic carbocycles. The predicted octanol–water partition coefficient (Wildman–Crippen LogP) is 3.86. The molecule has 33 heavy (non-hydrogen) atoms. The monoisotopic (exact) mass is 457 g/mol. The number of aromatic nitrogens is 3. The van der Waals surface area contributed by atoms with Gasteiger partial charge in [-0.25, -0.2) is 17.9 Å². The first-order valence-corrected chi connectivity index (χ1v) is 12.4. The lowest BCUT2D eigenvalue weighted by atomic mass is 10.1. The summed E-state index contributed by atoms with van der Waals surface area (Å²) in [7, 11) is -3.56. The van der Waals surface area contributed by atoms with Crippen molar-refractivity contribution in [3.05, 3.63) is 78.5 Å². The molecule has 1 aliphatic heterocycles. The molecule has 5 aromatic rings. The summed E-state index contributed by atoms with van der Waals surface area (Å²) in [4.78, 5) is 7.41. The number of fused-ring (bicyclic) bond motifs is 4. The van der Waals surface area contributed by atoms with E-state index in [0.29, 0.717) is 31.1 Å². The van der Waals surface area contributed by atoms with E-state index in [2.05, 4.69) is 10.00 Å². The molecule has 1 saturated heterocycles. The van der Waals surface area contributed by atoms with Gasteiger partial charge in [-0.05, 0) is 42.0 Å². The van der Waals surface area contributed by atoms with Crippen molar-refractivity contribution >= 4 is 43.2 Å². The van der Waals surface area contributed by atoms with E-state index < -0.39 is 10.0 Å². The van der Waals surface area contributed by atoms with Crippen LogP contribution in [0.5, 0.6) is 0 Å². The van der Waals surface area contributed by atoms with Crippen molar-refractivity contribution < 1.29 is 8.42 Å². The number of para-hydroxylation sites is 1. The molecule has 0 amide bonds. The molecule has 0 radical (unpaired) electrons. The summed E-state index contributed by atoms with van der Waals surface area (Å²) >= 11 is 0. The maximum atomic E-state index is 13.3. The Morgan fingerprint density at radius 1 is 0.818 bits per heavy atom. The van der Waals surface area contributed by atoms with Gasteiger partial charge in [0.25, 0.3) is 0 Å². The van der Waals surface area contributed by atoms with Crippen molar-refractivity contribution in [2.45, 2.75) is 11.8 Å². The van der Waals surface area contributed by atoms with Crippen molar-refractivity contribution in [2.75, 3.05) is 31.1 Å². The fourth-order valence-electron chi connectivity index (χ4n) is 4.62. The molecular weight excluding hydrogens is 434 g/mol. The van der Waals surface area contributed by atoms with Crippen molar-refractivity contribution in [2.24, 2.45) is 0 Å². The van der Waals surface area contributed by atoms with Crippen LogP contribution in [0.2, 0.25) is 0 Å². The highest BCUT2D eigenvalue weighted by Crippen LogP contribution is 2.29. The zero-order valence-electron chi connectivity index (χ0n) is 18.2. The van der Waals surface area contributed by atoms with E-state index in [-0.39, 0.29) is 0 Å². The minimum absolute atomic E-state index is 0.342. The van der Waals surface area contributed by atoms with Gasteiger partial charge >= 0.3 is 0 Å². The van der Waals surface area contributed by atoms with Crippen molar-refractivity contribution in [1.82, 2.24) is 18.9 Å². The minimum atomic E-state index is -3.56. The number of rotatable bonds is 3. The highest BCUT2D eigenvalue weighted by molar-refractivity contribution is 7.89. The van der Waals surface area contributed by atoms with Crippen LogP contribution in [0.15, 0.2) is 77.7 Å². The average molecular weight is 458 g/mol. The second-order valence-electron chi connectivity index (χ2n) is 8.41. The summed E-state index contributed by atoms with van der Waals surface area (Å²) < 4.78 is 30.1.